The highest BCUT2D eigenvalue weighted by molar-refractivity contribution is 7.13. The van der Waals surface area contributed by atoms with E-state index in [0.717, 1.165) is 16.3 Å². The van der Waals surface area contributed by atoms with E-state index in [1.54, 1.807) is 5.51 Å². The summed E-state index contributed by atoms with van der Waals surface area (Å²) in [6.45, 7) is 8.90. The predicted octanol–water partition coefficient (Wildman–Crippen LogP) is 3.69. The fraction of sp³-hybridized carbons (Fsp3) is 0.412. The van der Waals surface area contributed by atoms with Gasteiger partial charge in [0.2, 0.25) is 0 Å². The first-order chi connectivity index (χ1) is 11.6. The zero-order chi connectivity index (χ0) is 17.1. The molecular weight excluding hydrogens is 322 g/mol. The number of hydrogen-bond acceptors (Lipinski definition) is 7. The molecule has 0 radical (unpaired) electrons. The van der Waals surface area contributed by atoms with Gasteiger partial charge < -0.3 is 9.84 Å². The summed E-state index contributed by atoms with van der Waals surface area (Å²) in [6.07, 6.45) is 1.83. The average Bonchev–Trinajstić information content (AvgIpc) is 3.17. The molecule has 7 heteroatoms. The van der Waals surface area contributed by atoms with E-state index < -0.39 is 0 Å². The average molecular weight is 343 g/mol. The molecule has 0 saturated heterocycles. The highest BCUT2D eigenvalue weighted by Crippen LogP contribution is 2.26. The van der Waals surface area contributed by atoms with Crippen LogP contribution in [0, 0.1) is 19.8 Å². The van der Waals surface area contributed by atoms with E-state index in [0.29, 0.717) is 24.2 Å². The Hall–Kier alpha value is -2.12. The number of aromatic nitrogens is 4. The van der Waals surface area contributed by atoms with Crippen LogP contribution in [0.1, 0.15) is 42.7 Å². The molecule has 24 heavy (non-hydrogen) atoms. The van der Waals surface area contributed by atoms with E-state index in [1.807, 2.05) is 19.2 Å². The maximum absolute atomic E-state index is 5.37. The number of thiazole rings is 1. The lowest BCUT2D eigenvalue weighted by molar-refractivity contribution is 0.382. The van der Waals surface area contributed by atoms with Gasteiger partial charge in [-0.2, -0.15) is 4.98 Å². The van der Waals surface area contributed by atoms with Crippen LogP contribution >= 0.6 is 11.3 Å². The van der Waals surface area contributed by atoms with Gasteiger partial charge in [0.15, 0.2) is 5.82 Å². The molecule has 1 unspecified atom stereocenters. The largest absolute Gasteiger partial charge is 0.333 e. The second-order valence-corrected chi connectivity index (χ2v) is 6.95. The van der Waals surface area contributed by atoms with Gasteiger partial charge in [-0.15, -0.1) is 11.3 Å². The molecule has 0 aromatic carbocycles. The molecule has 0 bridgehead atoms. The first-order valence-corrected chi connectivity index (χ1v) is 8.82. The van der Waals surface area contributed by atoms with Gasteiger partial charge in [-0.3, -0.25) is 4.98 Å². The van der Waals surface area contributed by atoms with E-state index >= 15 is 0 Å². The van der Waals surface area contributed by atoms with E-state index in [1.165, 1.54) is 16.9 Å². The third-order valence-electron chi connectivity index (χ3n) is 3.90. The third-order valence-corrected chi connectivity index (χ3v) is 4.82. The molecule has 0 aliphatic rings. The summed E-state index contributed by atoms with van der Waals surface area (Å²) < 4.78 is 5.37. The molecule has 0 amide bonds. The predicted molar refractivity (Wildman–Crippen MR) is 93.5 cm³/mol. The first kappa shape index (κ1) is 16.7. The Bertz CT molecular complexity index is 811. The number of pyridine rings is 1. The molecule has 3 rings (SSSR count). The van der Waals surface area contributed by atoms with Crippen molar-refractivity contribution < 1.29 is 4.52 Å². The van der Waals surface area contributed by atoms with Crippen molar-refractivity contribution in [2.75, 3.05) is 0 Å². The zero-order valence-electron chi connectivity index (χ0n) is 14.3. The van der Waals surface area contributed by atoms with Gasteiger partial charge in [0.25, 0.3) is 5.89 Å². The summed E-state index contributed by atoms with van der Waals surface area (Å²) in [5.41, 5.74) is 4.94. The summed E-state index contributed by atoms with van der Waals surface area (Å²) in [5.74, 6) is 1.56. The van der Waals surface area contributed by atoms with Crippen LogP contribution in [0.4, 0.5) is 0 Å². The Kier molecular flexibility index (Phi) is 5.01. The van der Waals surface area contributed by atoms with Crippen molar-refractivity contribution in [1.29, 1.82) is 0 Å². The molecule has 0 saturated carbocycles. The molecule has 1 atom stereocenters. The fourth-order valence-electron chi connectivity index (χ4n) is 2.60. The maximum atomic E-state index is 5.37. The lowest BCUT2D eigenvalue weighted by Crippen LogP contribution is -2.27. The maximum Gasteiger partial charge on any atom is 0.269 e. The molecule has 0 aliphatic carbocycles. The summed E-state index contributed by atoms with van der Waals surface area (Å²) in [7, 11) is 0. The molecule has 0 fully saturated rings. The molecule has 3 heterocycles. The van der Waals surface area contributed by atoms with Crippen molar-refractivity contribution in [3.8, 4) is 10.8 Å². The van der Waals surface area contributed by atoms with E-state index in [9.17, 15) is 0 Å². The molecule has 0 spiro atoms. The summed E-state index contributed by atoms with van der Waals surface area (Å²) in [5, 5.41) is 7.58. The molecule has 3 aromatic rings. The van der Waals surface area contributed by atoms with Crippen LogP contribution in [0.5, 0.6) is 0 Å². The van der Waals surface area contributed by atoms with Crippen molar-refractivity contribution in [2.24, 2.45) is 5.92 Å². The Labute approximate surface area is 145 Å². The quantitative estimate of drug-likeness (QED) is 0.735. The van der Waals surface area contributed by atoms with Crippen LogP contribution in [0.15, 0.2) is 28.4 Å². The monoisotopic (exact) mass is 343 g/mol. The van der Waals surface area contributed by atoms with Crippen molar-refractivity contribution in [3.05, 3.63) is 46.6 Å². The minimum Gasteiger partial charge on any atom is -0.333 e. The van der Waals surface area contributed by atoms with Gasteiger partial charge in [0, 0.05) is 6.20 Å². The van der Waals surface area contributed by atoms with Gasteiger partial charge >= 0.3 is 0 Å². The van der Waals surface area contributed by atoms with Crippen molar-refractivity contribution >= 4 is 11.3 Å². The van der Waals surface area contributed by atoms with Crippen LogP contribution in [0.3, 0.4) is 0 Å². The highest BCUT2D eigenvalue weighted by Gasteiger charge is 2.20. The second kappa shape index (κ2) is 7.19. The van der Waals surface area contributed by atoms with E-state index in [4.69, 9.17) is 4.52 Å². The minimum absolute atomic E-state index is 0.137. The summed E-state index contributed by atoms with van der Waals surface area (Å²) in [4.78, 5) is 14.1. The molecule has 126 valence electrons. The topological polar surface area (TPSA) is 76.7 Å². The van der Waals surface area contributed by atoms with Crippen LogP contribution < -0.4 is 5.32 Å². The second-order valence-electron chi connectivity index (χ2n) is 6.09. The molecular formula is C17H21N5OS. The first-order valence-electron chi connectivity index (χ1n) is 7.94. The lowest BCUT2D eigenvalue weighted by Gasteiger charge is -2.22. The Morgan fingerprint density at radius 1 is 1.25 bits per heavy atom. The zero-order valence-corrected chi connectivity index (χ0v) is 15.1. The molecule has 3 aromatic heterocycles. The number of nitrogens with zero attached hydrogens (tertiary/aromatic N) is 4. The van der Waals surface area contributed by atoms with Crippen molar-refractivity contribution in [1.82, 2.24) is 25.4 Å². The number of nitrogens with one attached hydrogen (secondary N) is 1. The normalized spacial score (nSPS) is 12.7. The van der Waals surface area contributed by atoms with Crippen LogP contribution in [-0.4, -0.2) is 20.1 Å². The van der Waals surface area contributed by atoms with Gasteiger partial charge in [0.05, 0.1) is 29.5 Å². The number of rotatable bonds is 6. The van der Waals surface area contributed by atoms with Crippen LogP contribution in [-0.2, 0) is 6.54 Å². The van der Waals surface area contributed by atoms with Crippen LogP contribution in [0.2, 0.25) is 0 Å². The molecule has 0 aliphatic heterocycles. The fourth-order valence-corrected chi connectivity index (χ4v) is 3.32. The van der Waals surface area contributed by atoms with Crippen molar-refractivity contribution in [2.45, 2.75) is 40.3 Å². The SMILES string of the molecule is Cc1cccnc1C(NCc1noc(-c2scnc2C)n1)C(C)C. The van der Waals surface area contributed by atoms with Gasteiger partial charge in [0.1, 0.15) is 4.88 Å². The summed E-state index contributed by atoms with van der Waals surface area (Å²) in [6, 6.07) is 4.18. The summed E-state index contributed by atoms with van der Waals surface area (Å²) >= 11 is 1.51. The number of hydrogen-bond donors (Lipinski definition) is 1. The Morgan fingerprint density at radius 2 is 2.08 bits per heavy atom. The lowest BCUT2D eigenvalue weighted by atomic mass is 9.97. The molecule has 6 nitrogen and oxygen atoms in total. The van der Waals surface area contributed by atoms with E-state index in [2.05, 4.69) is 52.3 Å². The third kappa shape index (κ3) is 3.52. The van der Waals surface area contributed by atoms with Gasteiger partial charge in [-0.1, -0.05) is 25.1 Å². The van der Waals surface area contributed by atoms with Crippen molar-refractivity contribution in [3.63, 3.8) is 0 Å². The Morgan fingerprint density at radius 3 is 2.75 bits per heavy atom. The van der Waals surface area contributed by atoms with Gasteiger partial charge in [-0.05, 0) is 31.4 Å². The standard InChI is InChI=1S/C17H21N5OS/c1-10(2)14(15-11(3)6-5-7-18-15)19-8-13-21-17(23-22-13)16-12(4)20-9-24-16/h5-7,9-10,14,19H,8H2,1-4H3. The smallest absolute Gasteiger partial charge is 0.269 e. The van der Waals surface area contributed by atoms with Gasteiger partial charge in [-0.25, -0.2) is 4.98 Å². The van der Waals surface area contributed by atoms with E-state index in [-0.39, 0.29) is 6.04 Å². The number of aryl methyl sites for hydroxylation is 2. The minimum atomic E-state index is 0.137. The molecule has 1 N–H and O–H groups in total. The van der Waals surface area contributed by atoms with Crippen LogP contribution in [0.25, 0.3) is 10.8 Å². The highest BCUT2D eigenvalue weighted by atomic mass is 32.1. The Balaban J connectivity index is 1.73.